The van der Waals surface area contributed by atoms with E-state index in [9.17, 15) is 14.0 Å². The van der Waals surface area contributed by atoms with Gasteiger partial charge in [0.05, 0.1) is 34.8 Å². The highest BCUT2D eigenvalue weighted by Crippen LogP contribution is 2.52. The summed E-state index contributed by atoms with van der Waals surface area (Å²) in [4.78, 5) is 48.6. The van der Waals surface area contributed by atoms with Gasteiger partial charge >= 0.3 is 0 Å². The first-order valence-corrected chi connectivity index (χ1v) is 19.5. The second-order valence-corrected chi connectivity index (χ2v) is 16.5. The van der Waals surface area contributed by atoms with Gasteiger partial charge in [-0.3, -0.25) is 19.5 Å². The molecule has 3 saturated heterocycles. The molecule has 2 amide bonds. The lowest BCUT2D eigenvalue weighted by Crippen LogP contribution is -2.58. The first-order valence-electron chi connectivity index (χ1n) is 19.5. The van der Waals surface area contributed by atoms with Crippen molar-refractivity contribution < 1.29 is 18.7 Å². The number of halogens is 1. The SMILES string of the molecule is CC(C)n1cnc2cc(-c3ccc4c(c3)N([C@H]3C[C@@H](N5C[C@@H](C)[C@@H](C)C5)C3)C(=O)C43CCN(C(=O)[C@@H]4CCCO4)CC3)nc(Nc3ccncc3F)c21. The van der Waals surface area contributed by atoms with Gasteiger partial charge in [-0.1, -0.05) is 26.0 Å². The molecule has 278 valence electrons. The zero-order valence-corrected chi connectivity index (χ0v) is 31.1. The van der Waals surface area contributed by atoms with Gasteiger partial charge in [-0.15, -0.1) is 0 Å². The van der Waals surface area contributed by atoms with Crippen LogP contribution in [-0.4, -0.2) is 92.1 Å². The van der Waals surface area contributed by atoms with Gasteiger partial charge in [-0.05, 0) is 88.0 Å². The van der Waals surface area contributed by atoms with Crippen LogP contribution in [-0.2, 0) is 19.7 Å². The van der Waals surface area contributed by atoms with E-state index in [1.54, 1.807) is 18.6 Å². The Labute approximate surface area is 309 Å². The minimum atomic E-state index is -0.679. The summed E-state index contributed by atoms with van der Waals surface area (Å²) in [6, 6.07) is 10.6. The quantitative estimate of drug-likeness (QED) is 0.232. The van der Waals surface area contributed by atoms with Gasteiger partial charge in [0, 0.05) is 68.4 Å². The second-order valence-electron chi connectivity index (χ2n) is 16.5. The molecule has 7 heterocycles. The Morgan fingerprint density at radius 3 is 2.53 bits per heavy atom. The molecule has 0 unspecified atom stereocenters. The fourth-order valence-electron chi connectivity index (χ4n) is 9.51. The number of benzene rings is 1. The van der Waals surface area contributed by atoms with E-state index < -0.39 is 11.2 Å². The Hall–Kier alpha value is -4.42. The predicted molar refractivity (Wildman–Crippen MR) is 201 cm³/mol. The van der Waals surface area contributed by atoms with Crippen molar-refractivity contribution in [2.24, 2.45) is 11.8 Å². The topological polar surface area (TPSA) is 109 Å². The maximum Gasteiger partial charge on any atom is 0.251 e. The molecule has 1 spiro atoms. The van der Waals surface area contributed by atoms with Crippen molar-refractivity contribution in [3.8, 4) is 11.3 Å². The maximum atomic E-state index is 14.9. The highest BCUT2D eigenvalue weighted by Gasteiger charge is 2.56. The zero-order valence-electron chi connectivity index (χ0n) is 31.1. The number of anilines is 3. The van der Waals surface area contributed by atoms with Gasteiger partial charge in [-0.2, -0.15) is 0 Å². The number of ether oxygens (including phenoxy) is 1. The van der Waals surface area contributed by atoms with Crippen LogP contribution < -0.4 is 10.2 Å². The summed E-state index contributed by atoms with van der Waals surface area (Å²) in [5, 5.41) is 3.23. The monoisotopic (exact) mass is 720 g/mol. The Kier molecular flexibility index (Phi) is 8.53. The van der Waals surface area contributed by atoms with Crippen molar-refractivity contribution in [1.82, 2.24) is 29.3 Å². The number of piperidine rings is 1. The molecular weight excluding hydrogens is 672 g/mol. The first kappa shape index (κ1) is 34.4. The number of likely N-dealkylation sites (tertiary alicyclic amines) is 2. The summed E-state index contributed by atoms with van der Waals surface area (Å²) in [6.07, 6.45) is 8.94. The third-order valence-electron chi connectivity index (χ3n) is 13.0. The molecule has 12 heteroatoms. The molecule has 4 aromatic rings. The lowest BCUT2D eigenvalue weighted by atomic mass is 9.73. The molecule has 1 saturated carbocycles. The van der Waals surface area contributed by atoms with E-state index in [4.69, 9.17) is 14.7 Å². The van der Waals surface area contributed by atoms with Gasteiger partial charge in [-0.25, -0.2) is 14.4 Å². The smallest absolute Gasteiger partial charge is 0.251 e. The fraction of sp³-hybridized carbons (Fsp3) is 0.537. The van der Waals surface area contributed by atoms with Crippen molar-refractivity contribution in [3.05, 3.63) is 60.4 Å². The van der Waals surface area contributed by atoms with Crippen molar-refractivity contribution in [3.63, 3.8) is 0 Å². The number of rotatable bonds is 7. The molecule has 1 aromatic carbocycles. The zero-order chi connectivity index (χ0) is 36.6. The normalized spacial score (nSPS) is 26.9. The minimum absolute atomic E-state index is 0.0589. The Balaban J connectivity index is 1.08. The van der Waals surface area contributed by atoms with Crippen LogP contribution in [0.15, 0.2) is 49.1 Å². The molecule has 0 bridgehead atoms. The van der Waals surface area contributed by atoms with Crippen LogP contribution in [0.4, 0.5) is 21.6 Å². The number of carbonyl (C=O) groups is 2. The lowest BCUT2D eigenvalue weighted by Gasteiger charge is -2.46. The van der Waals surface area contributed by atoms with Gasteiger partial charge < -0.3 is 24.4 Å². The average Bonchev–Trinajstić information content (AvgIpc) is 3.93. The summed E-state index contributed by atoms with van der Waals surface area (Å²) >= 11 is 0. The van der Waals surface area contributed by atoms with Gasteiger partial charge in [0.15, 0.2) is 11.6 Å². The molecule has 1 aliphatic carbocycles. The standard InChI is InChI=1S/C41H49FN8O3/c1-24(2)49-23-44-34-19-33(46-38(37(34)49)45-32-9-12-43-20-31(32)42)27-7-8-30-35(16-27)50(29-17-28(18-29)48-21-25(3)26(4)22-48)40(52)41(30)10-13-47(14-11-41)39(51)36-6-5-15-53-36/h7-9,12,16,19-20,23-26,28-29,36H,5-6,10-11,13-15,17-18,21-22H2,1-4H3,(H,43,45,46)/t25-,26+,28-,29+,36-/m0/s1. The van der Waals surface area contributed by atoms with Gasteiger partial charge in [0.1, 0.15) is 11.6 Å². The number of amides is 2. The summed E-state index contributed by atoms with van der Waals surface area (Å²) < 4.78 is 22.6. The number of hydrogen-bond donors (Lipinski definition) is 1. The molecule has 4 fully saturated rings. The Bertz CT molecular complexity index is 2050. The van der Waals surface area contributed by atoms with E-state index in [1.165, 1.54) is 6.20 Å². The molecule has 3 aromatic heterocycles. The van der Waals surface area contributed by atoms with E-state index in [1.807, 2.05) is 15.5 Å². The predicted octanol–water partition coefficient (Wildman–Crippen LogP) is 6.46. The third kappa shape index (κ3) is 5.71. The van der Waals surface area contributed by atoms with E-state index in [2.05, 4.69) is 66.0 Å². The van der Waals surface area contributed by atoms with Crippen molar-refractivity contribution in [2.45, 2.75) is 95.9 Å². The Morgan fingerprint density at radius 2 is 1.83 bits per heavy atom. The largest absolute Gasteiger partial charge is 0.368 e. The van der Waals surface area contributed by atoms with Crippen LogP contribution in [0.3, 0.4) is 0 Å². The maximum absolute atomic E-state index is 14.9. The number of hydrogen-bond acceptors (Lipinski definition) is 8. The van der Waals surface area contributed by atoms with Gasteiger partial charge in [0.25, 0.3) is 5.91 Å². The van der Waals surface area contributed by atoms with Crippen LogP contribution in [0, 0.1) is 17.7 Å². The van der Waals surface area contributed by atoms with E-state index in [0.29, 0.717) is 61.9 Å². The molecule has 4 aliphatic heterocycles. The number of aromatic nitrogens is 4. The Morgan fingerprint density at radius 1 is 1.06 bits per heavy atom. The van der Waals surface area contributed by atoms with Crippen molar-refractivity contribution in [1.29, 1.82) is 0 Å². The average molecular weight is 721 g/mol. The number of fused-ring (bicyclic) bond motifs is 3. The highest BCUT2D eigenvalue weighted by atomic mass is 19.1. The molecule has 3 atom stereocenters. The molecular formula is C41H49FN8O3. The molecule has 9 rings (SSSR count). The van der Waals surface area contributed by atoms with Crippen LogP contribution in [0.1, 0.15) is 77.8 Å². The summed E-state index contributed by atoms with van der Waals surface area (Å²) in [5.74, 6) is 1.61. The number of nitrogens with one attached hydrogen (secondary N) is 1. The first-order chi connectivity index (χ1) is 25.6. The van der Waals surface area contributed by atoms with Crippen LogP contribution in [0.5, 0.6) is 0 Å². The van der Waals surface area contributed by atoms with Gasteiger partial charge in [0.2, 0.25) is 5.91 Å². The molecule has 0 radical (unpaired) electrons. The van der Waals surface area contributed by atoms with E-state index in [-0.39, 0.29) is 35.7 Å². The number of imidazole rings is 1. The summed E-state index contributed by atoms with van der Waals surface area (Å²) in [7, 11) is 0. The fourth-order valence-corrected chi connectivity index (χ4v) is 9.51. The van der Waals surface area contributed by atoms with E-state index >= 15 is 0 Å². The van der Waals surface area contributed by atoms with E-state index in [0.717, 1.165) is 66.6 Å². The molecule has 1 N–H and O–H groups in total. The number of carbonyl (C=O) groups excluding carboxylic acids is 2. The summed E-state index contributed by atoms with van der Waals surface area (Å²) in [6.45, 7) is 12.8. The highest BCUT2D eigenvalue weighted by molar-refractivity contribution is 6.09. The second kappa shape index (κ2) is 13.2. The van der Waals surface area contributed by atoms with Crippen LogP contribution in [0.2, 0.25) is 0 Å². The minimum Gasteiger partial charge on any atom is -0.368 e. The van der Waals surface area contributed by atoms with Crippen molar-refractivity contribution >= 4 is 40.0 Å². The lowest BCUT2D eigenvalue weighted by molar-refractivity contribution is -0.144. The van der Waals surface area contributed by atoms with Crippen molar-refractivity contribution in [2.75, 3.05) is 43.0 Å². The van der Waals surface area contributed by atoms with Crippen LogP contribution >= 0.6 is 0 Å². The summed E-state index contributed by atoms with van der Waals surface area (Å²) in [5.41, 5.74) is 4.66. The molecule has 11 nitrogen and oxygen atoms in total. The third-order valence-corrected chi connectivity index (χ3v) is 13.0. The van der Waals surface area contributed by atoms with Crippen LogP contribution in [0.25, 0.3) is 22.3 Å². The number of pyridine rings is 2. The molecule has 53 heavy (non-hydrogen) atoms. The number of nitrogens with zero attached hydrogens (tertiary/aromatic N) is 7. The molecule has 5 aliphatic rings.